The second-order valence-electron chi connectivity index (χ2n) is 6.58. The summed E-state index contributed by atoms with van der Waals surface area (Å²) in [6, 6.07) is 0. The molecular weight excluding hydrogens is 196 g/mol. The number of hydrogen-bond acceptors (Lipinski definition) is 1. The van der Waals surface area contributed by atoms with E-state index in [9.17, 15) is 5.11 Å². The van der Waals surface area contributed by atoms with Crippen LogP contribution < -0.4 is 0 Å². The lowest BCUT2D eigenvalue weighted by atomic mass is 9.61. The van der Waals surface area contributed by atoms with Crippen LogP contribution in [0.5, 0.6) is 0 Å². The van der Waals surface area contributed by atoms with E-state index in [1.54, 1.807) is 5.57 Å². The molecule has 0 bridgehead atoms. The fraction of sp³-hybridized carbons (Fsp3) is 0.867. The molecular formula is C15H26O. The molecule has 1 unspecified atom stereocenters. The zero-order chi connectivity index (χ0) is 11.9. The fourth-order valence-corrected chi connectivity index (χ4v) is 3.76. The van der Waals surface area contributed by atoms with Crippen molar-refractivity contribution in [2.24, 2.45) is 23.7 Å². The SMILES string of the molecule is CC(C)C1=CC[C@@H](C)[C@@H]2CCC(C)(O)C[C@H]12. The van der Waals surface area contributed by atoms with Crippen molar-refractivity contribution >= 4 is 0 Å². The molecule has 0 radical (unpaired) electrons. The van der Waals surface area contributed by atoms with Crippen LogP contribution >= 0.6 is 0 Å². The lowest BCUT2D eigenvalue weighted by Gasteiger charge is -2.46. The second kappa shape index (κ2) is 4.18. The Bertz CT molecular complexity index is 288. The molecule has 1 fully saturated rings. The van der Waals surface area contributed by atoms with E-state index in [0.29, 0.717) is 11.8 Å². The molecule has 0 spiro atoms. The standard InChI is InChI=1S/C15H26O/c1-10(2)12-6-5-11(3)13-7-8-15(4,16)9-14(12)13/h6,10-11,13-14,16H,5,7-9H2,1-4H3/t11-,13+,14-,15?/m1/s1. The zero-order valence-electron chi connectivity index (χ0n) is 11.2. The molecule has 16 heavy (non-hydrogen) atoms. The Balaban J connectivity index is 2.24. The molecule has 1 N–H and O–H groups in total. The predicted octanol–water partition coefficient (Wildman–Crippen LogP) is 3.78. The van der Waals surface area contributed by atoms with Crippen molar-refractivity contribution < 1.29 is 5.11 Å². The van der Waals surface area contributed by atoms with Gasteiger partial charge in [0, 0.05) is 0 Å². The summed E-state index contributed by atoms with van der Waals surface area (Å²) in [6.07, 6.45) is 6.88. The summed E-state index contributed by atoms with van der Waals surface area (Å²) in [5, 5.41) is 10.3. The van der Waals surface area contributed by atoms with Crippen LogP contribution in [0.2, 0.25) is 0 Å². The molecule has 0 amide bonds. The molecule has 0 aromatic heterocycles. The topological polar surface area (TPSA) is 20.2 Å². The summed E-state index contributed by atoms with van der Waals surface area (Å²) >= 11 is 0. The maximum atomic E-state index is 10.3. The largest absolute Gasteiger partial charge is 0.390 e. The Labute approximate surface area is 99.9 Å². The van der Waals surface area contributed by atoms with Crippen LogP contribution in [0.15, 0.2) is 11.6 Å². The molecule has 1 saturated carbocycles. The normalized spacial score (nSPS) is 44.1. The summed E-state index contributed by atoms with van der Waals surface area (Å²) in [6.45, 7) is 8.98. The fourth-order valence-electron chi connectivity index (χ4n) is 3.76. The van der Waals surface area contributed by atoms with Gasteiger partial charge in [-0.05, 0) is 56.3 Å². The smallest absolute Gasteiger partial charge is 0.0625 e. The summed E-state index contributed by atoms with van der Waals surface area (Å²) < 4.78 is 0. The van der Waals surface area contributed by atoms with Crippen LogP contribution in [0.3, 0.4) is 0 Å². The second-order valence-corrected chi connectivity index (χ2v) is 6.58. The lowest BCUT2D eigenvalue weighted by Crippen LogP contribution is -2.41. The van der Waals surface area contributed by atoms with Crippen molar-refractivity contribution in [1.29, 1.82) is 0 Å². The predicted molar refractivity (Wildman–Crippen MR) is 68.2 cm³/mol. The molecule has 1 heteroatoms. The van der Waals surface area contributed by atoms with Gasteiger partial charge in [-0.3, -0.25) is 0 Å². The van der Waals surface area contributed by atoms with Gasteiger partial charge in [0.25, 0.3) is 0 Å². The first-order valence-electron chi connectivity index (χ1n) is 6.83. The highest BCUT2D eigenvalue weighted by Crippen LogP contribution is 2.48. The van der Waals surface area contributed by atoms with Crippen LogP contribution in [0.25, 0.3) is 0 Å². The summed E-state index contributed by atoms with van der Waals surface area (Å²) in [5.74, 6) is 2.92. The van der Waals surface area contributed by atoms with Crippen LogP contribution in [-0.2, 0) is 0 Å². The van der Waals surface area contributed by atoms with Gasteiger partial charge in [0.2, 0.25) is 0 Å². The molecule has 2 rings (SSSR count). The number of allylic oxidation sites excluding steroid dienone is 2. The highest BCUT2D eigenvalue weighted by Gasteiger charge is 2.42. The monoisotopic (exact) mass is 222 g/mol. The van der Waals surface area contributed by atoms with Crippen molar-refractivity contribution in [1.82, 2.24) is 0 Å². The number of rotatable bonds is 1. The Morgan fingerprint density at radius 3 is 2.75 bits per heavy atom. The molecule has 0 heterocycles. The van der Waals surface area contributed by atoms with Gasteiger partial charge in [-0.2, -0.15) is 0 Å². The highest BCUT2D eigenvalue weighted by molar-refractivity contribution is 5.17. The van der Waals surface area contributed by atoms with E-state index in [1.165, 1.54) is 12.8 Å². The molecule has 2 aliphatic carbocycles. The van der Waals surface area contributed by atoms with Crippen LogP contribution in [0.4, 0.5) is 0 Å². The van der Waals surface area contributed by atoms with Gasteiger partial charge in [-0.1, -0.05) is 32.4 Å². The number of fused-ring (bicyclic) bond motifs is 1. The first kappa shape index (κ1) is 12.2. The van der Waals surface area contributed by atoms with E-state index in [2.05, 4.69) is 26.8 Å². The minimum absolute atomic E-state index is 0.424. The van der Waals surface area contributed by atoms with Gasteiger partial charge in [-0.25, -0.2) is 0 Å². The van der Waals surface area contributed by atoms with Crippen LogP contribution in [-0.4, -0.2) is 10.7 Å². The van der Waals surface area contributed by atoms with Gasteiger partial charge in [0.05, 0.1) is 5.60 Å². The quantitative estimate of drug-likeness (QED) is 0.669. The van der Waals surface area contributed by atoms with Crippen molar-refractivity contribution in [3.63, 3.8) is 0 Å². The maximum absolute atomic E-state index is 10.3. The third-order valence-electron chi connectivity index (χ3n) is 4.74. The number of hydrogen-bond donors (Lipinski definition) is 1. The average Bonchev–Trinajstić information content (AvgIpc) is 2.15. The molecule has 0 aliphatic heterocycles. The Morgan fingerprint density at radius 1 is 1.44 bits per heavy atom. The molecule has 2 aliphatic rings. The minimum Gasteiger partial charge on any atom is -0.390 e. The van der Waals surface area contributed by atoms with Crippen molar-refractivity contribution in [2.75, 3.05) is 0 Å². The third-order valence-corrected chi connectivity index (χ3v) is 4.74. The molecule has 0 saturated heterocycles. The minimum atomic E-state index is -0.424. The highest BCUT2D eigenvalue weighted by atomic mass is 16.3. The summed E-state index contributed by atoms with van der Waals surface area (Å²) in [5.41, 5.74) is 1.19. The van der Waals surface area contributed by atoms with Gasteiger partial charge in [0.15, 0.2) is 0 Å². The van der Waals surface area contributed by atoms with Crippen LogP contribution in [0.1, 0.15) is 53.4 Å². The Kier molecular flexibility index (Phi) is 3.18. The van der Waals surface area contributed by atoms with E-state index < -0.39 is 5.60 Å². The molecule has 92 valence electrons. The molecule has 0 aromatic carbocycles. The van der Waals surface area contributed by atoms with Crippen LogP contribution in [0, 0.1) is 23.7 Å². The van der Waals surface area contributed by atoms with E-state index in [4.69, 9.17) is 0 Å². The molecule has 1 nitrogen and oxygen atoms in total. The van der Waals surface area contributed by atoms with Gasteiger partial charge in [-0.15, -0.1) is 0 Å². The van der Waals surface area contributed by atoms with Crippen molar-refractivity contribution in [3.05, 3.63) is 11.6 Å². The summed E-state index contributed by atoms with van der Waals surface area (Å²) in [7, 11) is 0. The third kappa shape index (κ3) is 2.20. The van der Waals surface area contributed by atoms with E-state index in [-0.39, 0.29) is 0 Å². The van der Waals surface area contributed by atoms with Gasteiger partial charge < -0.3 is 5.11 Å². The number of aliphatic hydroxyl groups is 1. The van der Waals surface area contributed by atoms with Crippen molar-refractivity contribution in [2.45, 2.75) is 59.0 Å². The summed E-state index contributed by atoms with van der Waals surface area (Å²) in [4.78, 5) is 0. The van der Waals surface area contributed by atoms with E-state index in [0.717, 1.165) is 24.7 Å². The molecule has 4 atom stereocenters. The molecule has 0 aromatic rings. The van der Waals surface area contributed by atoms with Crippen molar-refractivity contribution in [3.8, 4) is 0 Å². The first-order valence-corrected chi connectivity index (χ1v) is 6.83. The maximum Gasteiger partial charge on any atom is 0.0625 e. The van der Waals surface area contributed by atoms with E-state index in [1.807, 2.05) is 6.92 Å². The van der Waals surface area contributed by atoms with Gasteiger partial charge in [0.1, 0.15) is 0 Å². The average molecular weight is 222 g/mol. The van der Waals surface area contributed by atoms with E-state index >= 15 is 0 Å². The lowest BCUT2D eigenvalue weighted by molar-refractivity contribution is -0.0257. The first-order chi connectivity index (χ1) is 7.41. The Morgan fingerprint density at radius 2 is 2.12 bits per heavy atom. The zero-order valence-corrected chi connectivity index (χ0v) is 11.2. The Hall–Kier alpha value is -0.300. The van der Waals surface area contributed by atoms with Gasteiger partial charge >= 0.3 is 0 Å².